The highest BCUT2D eigenvalue weighted by molar-refractivity contribution is 7.91. The first-order valence-electron chi connectivity index (χ1n) is 8.39. The van der Waals surface area contributed by atoms with Gasteiger partial charge in [-0.15, -0.1) is 11.3 Å². The maximum Gasteiger partial charge on any atom is 0.252 e. The van der Waals surface area contributed by atoms with Gasteiger partial charge in [0.2, 0.25) is 5.91 Å². The van der Waals surface area contributed by atoms with Crippen molar-refractivity contribution in [2.24, 2.45) is 5.92 Å². The van der Waals surface area contributed by atoms with E-state index in [0.29, 0.717) is 29.6 Å². The number of hydrogen-bond donors (Lipinski definition) is 0. The number of thiophene rings is 1. The molecule has 2 aliphatic heterocycles. The van der Waals surface area contributed by atoms with Gasteiger partial charge in [-0.2, -0.15) is 4.31 Å². The summed E-state index contributed by atoms with van der Waals surface area (Å²) in [6, 6.07) is 3.42. The molecule has 0 saturated carbocycles. The summed E-state index contributed by atoms with van der Waals surface area (Å²) in [5.41, 5.74) is 0. The van der Waals surface area contributed by atoms with Crippen molar-refractivity contribution in [3.63, 3.8) is 0 Å². The molecule has 23 heavy (non-hydrogen) atoms. The van der Waals surface area contributed by atoms with Crippen LogP contribution in [-0.4, -0.2) is 49.7 Å². The number of piperidine rings is 2. The second kappa shape index (κ2) is 7.32. The van der Waals surface area contributed by atoms with E-state index in [0.717, 1.165) is 38.8 Å². The first-order chi connectivity index (χ1) is 11.1. The van der Waals surface area contributed by atoms with Crippen LogP contribution in [0.15, 0.2) is 21.7 Å². The molecule has 0 aromatic carbocycles. The minimum Gasteiger partial charge on any atom is -0.343 e. The van der Waals surface area contributed by atoms with Gasteiger partial charge < -0.3 is 4.90 Å². The highest BCUT2D eigenvalue weighted by Crippen LogP contribution is 2.28. The van der Waals surface area contributed by atoms with Crippen molar-refractivity contribution in [1.29, 1.82) is 0 Å². The average molecular weight is 357 g/mol. The molecule has 1 amide bonds. The molecule has 128 valence electrons. The van der Waals surface area contributed by atoms with Crippen molar-refractivity contribution in [3.05, 3.63) is 17.5 Å². The molecular weight excluding hydrogens is 332 g/mol. The fourth-order valence-electron chi connectivity index (χ4n) is 3.41. The number of rotatable bonds is 4. The third-order valence-corrected chi connectivity index (χ3v) is 8.11. The van der Waals surface area contributed by atoms with Crippen molar-refractivity contribution in [2.75, 3.05) is 26.2 Å². The molecule has 7 heteroatoms. The monoisotopic (exact) mass is 356 g/mol. The molecule has 0 unspecified atom stereocenters. The van der Waals surface area contributed by atoms with E-state index in [4.69, 9.17) is 0 Å². The van der Waals surface area contributed by atoms with Crippen LogP contribution in [0, 0.1) is 5.92 Å². The van der Waals surface area contributed by atoms with Gasteiger partial charge in [0.05, 0.1) is 0 Å². The molecule has 0 aliphatic carbocycles. The summed E-state index contributed by atoms with van der Waals surface area (Å²) in [5.74, 6) is 0.573. The SMILES string of the molecule is O=C(CC1CCN(S(=O)(=O)c2cccs2)CC1)N1CCCCC1. The van der Waals surface area contributed by atoms with Crippen molar-refractivity contribution in [1.82, 2.24) is 9.21 Å². The van der Waals surface area contributed by atoms with E-state index < -0.39 is 10.0 Å². The number of carbonyl (C=O) groups is 1. The van der Waals surface area contributed by atoms with E-state index in [2.05, 4.69) is 0 Å². The topological polar surface area (TPSA) is 57.7 Å². The molecule has 1 aromatic rings. The standard InChI is InChI=1S/C16H24N2O3S2/c19-15(17-8-2-1-3-9-17)13-14-6-10-18(11-7-14)23(20,21)16-5-4-12-22-16/h4-5,12,14H,1-3,6-11,13H2. The quantitative estimate of drug-likeness (QED) is 0.833. The molecule has 3 rings (SSSR count). The second-order valence-electron chi connectivity index (χ2n) is 6.43. The van der Waals surface area contributed by atoms with Gasteiger partial charge in [0.25, 0.3) is 10.0 Å². The fourth-order valence-corrected chi connectivity index (χ4v) is 6.02. The Balaban J connectivity index is 1.51. The fraction of sp³-hybridized carbons (Fsp3) is 0.688. The molecule has 5 nitrogen and oxygen atoms in total. The number of nitrogens with zero attached hydrogens (tertiary/aromatic N) is 2. The van der Waals surface area contributed by atoms with Gasteiger partial charge in [-0.1, -0.05) is 6.07 Å². The molecule has 2 aliphatic rings. The summed E-state index contributed by atoms with van der Waals surface area (Å²) < 4.78 is 27.0. The van der Waals surface area contributed by atoms with E-state index in [1.54, 1.807) is 21.8 Å². The molecule has 2 saturated heterocycles. The van der Waals surface area contributed by atoms with Crippen LogP contribution >= 0.6 is 11.3 Å². The predicted octanol–water partition coefficient (Wildman–Crippen LogP) is 2.55. The zero-order chi connectivity index (χ0) is 16.3. The average Bonchev–Trinajstić information content (AvgIpc) is 3.11. The number of likely N-dealkylation sites (tertiary alicyclic amines) is 1. The summed E-state index contributed by atoms with van der Waals surface area (Å²) >= 11 is 1.26. The first kappa shape index (κ1) is 16.9. The first-order valence-corrected chi connectivity index (χ1v) is 10.7. The number of carbonyl (C=O) groups excluding carboxylic acids is 1. The molecule has 2 fully saturated rings. The molecule has 3 heterocycles. The normalized spacial score (nSPS) is 21.5. The maximum atomic E-state index is 12.5. The van der Waals surface area contributed by atoms with E-state index in [1.165, 1.54) is 17.8 Å². The number of hydrogen-bond acceptors (Lipinski definition) is 4. The van der Waals surface area contributed by atoms with E-state index in [1.807, 2.05) is 4.90 Å². The molecular formula is C16H24N2O3S2. The maximum absolute atomic E-state index is 12.5. The Kier molecular flexibility index (Phi) is 5.38. The summed E-state index contributed by atoms with van der Waals surface area (Å²) in [7, 11) is -3.33. The number of amides is 1. The van der Waals surface area contributed by atoms with Gasteiger partial charge in [-0.05, 0) is 49.5 Å². The van der Waals surface area contributed by atoms with E-state index in [-0.39, 0.29) is 5.91 Å². The van der Waals surface area contributed by atoms with Crippen molar-refractivity contribution < 1.29 is 13.2 Å². The molecule has 0 radical (unpaired) electrons. The van der Waals surface area contributed by atoms with E-state index in [9.17, 15) is 13.2 Å². The van der Waals surface area contributed by atoms with Crippen LogP contribution in [0.3, 0.4) is 0 Å². The van der Waals surface area contributed by atoms with Crippen LogP contribution in [0.2, 0.25) is 0 Å². The lowest BCUT2D eigenvalue weighted by Crippen LogP contribution is -2.41. The molecule has 0 atom stereocenters. The van der Waals surface area contributed by atoms with Gasteiger partial charge in [0.1, 0.15) is 4.21 Å². The van der Waals surface area contributed by atoms with Crippen LogP contribution in [0.5, 0.6) is 0 Å². The third kappa shape index (κ3) is 3.95. The third-order valence-electron chi connectivity index (χ3n) is 4.83. The lowest BCUT2D eigenvalue weighted by molar-refractivity contribution is -0.133. The summed E-state index contributed by atoms with van der Waals surface area (Å²) in [4.78, 5) is 14.3. The van der Waals surface area contributed by atoms with Crippen LogP contribution < -0.4 is 0 Å². The highest BCUT2D eigenvalue weighted by Gasteiger charge is 2.31. The minimum absolute atomic E-state index is 0.254. The Morgan fingerprint density at radius 3 is 2.43 bits per heavy atom. The Morgan fingerprint density at radius 2 is 1.83 bits per heavy atom. The summed E-state index contributed by atoms with van der Waals surface area (Å²) in [5, 5.41) is 1.79. The minimum atomic E-state index is -3.33. The van der Waals surface area contributed by atoms with Crippen LogP contribution in [-0.2, 0) is 14.8 Å². The van der Waals surface area contributed by atoms with Crippen molar-refractivity contribution >= 4 is 27.3 Å². The molecule has 0 N–H and O–H groups in total. The van der Waals surface area contributed by atoms with E-state index >= 15 is 0 Å². The van der Waals surface area contributed by atoms with Gasteiger partial charge >= 0.3 is 0 Å². The zero-order valence-electron chi connectivity index (χ0n) is 13.3. The van der Waals surface area contributed by atoms with Crippen LogP contribution in [0.25, 0.3) is 0 Å². The largest absolute Gasteiger partial charge is 0.343 e. The Labute approximate surface area is 142 Å². The zero-order valence-corrected chi connectivity index (χ0v) is 14.9. The smallest absolute Gasteiger partial charge is 0.252 e. The van der Waals surface area contributed by atoms with Crippen molar-refractivity contribution in [3.8, 4) is 0 Å². The summed E-state index contributed by atoms with van der Waals surface area (Å²) in [6.45, 7) is 2.84. The Morgan fingerprint density at radius 1 is 1.13 bits per heavy atom. The molecule has 0 spiro atoms. The second-order valence-corrected chi connectivity index (χ2v) is 9.54. The molecule has 0 bridgehead atoms. The molecule has 1 aromatic heterocycles. The lowest BCUT2D eigenvalue weighted by atomic mass is 9.93. The predicted molar refractivity (Wildman–Crippen MR) is 90.8 cm³/mol. The lowest BCUT2D eigenvalue weighted by Gasteiger charge is -2.33. The number of sulfonamides is 1. The van der Waals surface area contributed by atoms with Crippen LogP contribution in [0.1, 0.15) is 38.5 Å². The van der Waals surface area contributed by atoms with Crippen LogP contribution in [0.4, 0.5) is 0 Å². The van der Waals surface area contributed by atoms with Gasteiger partial charge in [0, 0.05) is 32.6 Å². The Bertz CT molecular complexity index is 614. The summed E-state index contributed by atoms with van der Waals surface area (Å²) in [6.07, 6.45) is 5.59. The van der Waals surface area contributed by atoms with Gasteiger partial charge in [-0.25, -0.2) is 8.42 Å². The highest BCUT2D eigenvalue weighted by atomic mass is 32.2. The van der Waals surface area contributed by atoms with Gasteiger partial charge in [0.15, 0.2) is 0 Å². The van der Waals surface area contributed by atoms with Crippen molar-refractivity contribution in [2.45, 2.75) is 42.7 Å². The Hall–Kier alpha value is -0.920. The van der Waals surface area contributed by atoms with Gasteiger partial charge in [-0.3, -0.25) is 4.79 Å².